The number of hydrogen-bond donors (Lipinski definition) is 2. The van der Waals surface area contributed by atoms with Gasteiger partial charge in [0.25, 0.3) is 0 Å². The third kappa shape index (κ3) is 7.47. The van der Waals surface area contributed by atoms with Gasteiger partial charge in [-0.15, -0.1) is 24.0 Å². The molecule has 0 radical (unpaired) electrons. The van der Waals surface area contributed by atoms with Gasteiger partial charge in [0, 0.05) is 32.2 Å². The maximum absolute atomic E-state index is 6.11. The first-order chi connectivity index (χ1) is 14.3. The maximum Gasteiger partial charge on any atom is 0.191 e. The van der Waals surface area contributed by atoms with E-state index in [1.807, 2.05) is 12.1 Å². The standard InChI is InChI=1S/C24H33N3O2.HI/c1-3-25-24(26-16-15-19-11-13-22(28-2)14-12-19)27-18-21-10-7-17-29-23(21)20-8-5-4-6-9-20;/h4-6,8-9,11-14,21,23H,3,7,10,15-18H2,1-2H3,(H2,25,26,27);1H. The van der Waals surface area contributed by atoms with Gasteiger partial charge in [-0.05, 0) is 49.4 Å². The van der Waals surface area contributed by atoms with Crippen molar-refractivity contribution in [3.63, 3.8) is 0 Å². The van der Waals surface area contributed by atoms with E-state index in [1.165, 1.54) is 11.1 Å². The zero-order valence-electron chi connectivity index (χ0n) is 18.0. The van der Waals surface area contributed by atoms with Crippen molar-refractivity contribution < 1.29 is 9.47 Å². The van der Waals surface area contributed by atoms with Crippen molar-refractivity contribution in [1.29, 1.82) is 0 Å². The molecular weight excluding hydrogens is 489 g/mol. The summed E-state index contributed by atoms with van der Waals surface area (Å²) in [6.45, 7) is 5.37. The summed E-state index contributed by atoms with van der Waals surface area (Å²) in [5.41, 5.74) is 2.53. The highest BCUT2D eigenvalue weighted by Gasteiger charge is 2.27. The number of benzene rings is 2. The summed E-state index contributed by atoms with van der Waals surface area (Å²) in [7, 11) is 1.69. The lowest BCUT2D eigenvalue weighted by molar-refractivity contribution is -0.0250. The van der Waals surface area contributed by atoms with E-state index in [-0.39, 0.29) is 30.1 Å². The van der Waals surface area contributed by atoms with Crippen molar-refractivity contribution in [3.8, 4) is 5.75 Å². The highest BCUT2D eigenvalue weighted by Crippen LogP contribution is 2.33. The third-order valence-corrected chi connectivity index (χ3v) is 5.27. The maximum atomic E-state index is 6.11. The Hall–Kier alpha value is -1.80. The highest BCUT2D eigenvalue weighted by molar-refractivity contribution is 14.0. The third-order valence-electron chi connectivity index (χ3n) is 5.27. The van der Waals surface area contributed by atoms with Crippen LogP contribution in [0.15, 0.2) is 59.6 Å². The fourth-order valence-corrected chi connectivity index (χ4v) is 3.71. The number of guanidine groups is 1. The molecule has 1 heterocycles. The van der Waals surface area contributed by atoms with E-state index >= 15 is 0 Å². The normalized spacial score (nSPS) is 18.9. The Labute approximate surface area is 197 Å². The number of halogens is 1. The first kappa shape index (κ1) is 24.5. The van der Waals surface area contributed by atoms with Crippen LogP contribution in [-0.2, 0) is 11.2 Å². The van der Waals surface area contributed by atoms with Gasteiger partial charge in [0.1, 0.15) is 5.75 Å². The second-order valence-corrected chi connectivity index (χ2v) is 7.35. The van der Waals surface area contributed by atoms with Gasteiger partial charge in [0.2, 0.25) is 0 Å². The molecule has 1 saturated heterocycles. The fourth-order valence-electron chi connectivity index (χ4n) is 3.71. The van der Waals surface area contributed by atoms with Crippen molar-refractivity contribution in [1.82, 2.24) is 10.6 Å². The van der Waals surface area contributed by atoms with Gasteiger partial charge in [-0.3, -0.25) is 4.99 Å². The summed E-state index contributed by atoms with van der Waals surface area (Å²) in [5.74, 6) is 2.17. The number of nitrogens with one attached hydrogen (secondary N) is 2. The average Bonchev–Trinajstić information content (AvgIpc) is 2.79. The first-order valence-corrected chi connectivity index (χ1v) is 10.6. The Kier molecular flexibility index (Phi) is 11.0. The van der Waals surface area contributed by atoms with Crippen LogP contribution in [-0.4, -0.2) is 39.3 Å². The van der Waals surface area contributed by atoms with E-state index in [0.29, 0.717) is 5.92 Å². The average molecular weight is 523 g/mol. The van der Waals surface area contributed by atoms with Gasteiger partial charge in [0.15, 0.2) is 5.96 Å². The molecule has 0 spiro atoms. The molecule has 0 amide bonds. The minimum Gasteiger partial charge on any atom is -0.497 e. The van der Waals surface area contributed by atoms with Crippen LogP contribution in [0.25, 0.3) is 0 Å². The topological polar surface area (TPSA) is 54.9 Å². The van der Waals surface area contributed by atoms with Crippen LogP contribution in [0.1, 0.15) is 37.0 Å². The Morgan fingerprint density at radius 1 is 1.10 bits per heavy atom. The van der Waals surface area contributed by atoms with E-state index < -0.39 is 0 Å². The first-order valence-electron chi connectivity index (χ1n) is 10.6. The van der Waals surface area contributed by atoms with Crippen molar-refractivity contribution in [2.24, 2.45) is 10.9 Å². The molecule has 164 valence electrons. The number of methoxy groups -OCH3 is 1. The number of ether oxygens (including phenoxy) is 2. The SMILES string of the molecule is CCNC(=NCC1CCCOC1c1ccccc1)NCCc1ccc(OC)cc1.I. The van der Waals surface area contributed by atoms with Gasteiger partial charge >= 0.3 is 0 Å². The van der Waals surface area contributed by atoms with Gasteiger partial charge in [-0.1, -0.05) is 42.5 Å². The van der Waals surface area contributed by atoms with Gasteiger partial charge < -0.3 is 20.1 Å². The minimum atomic E-state index is 0. The molecule has 0 aromatic heterocycles. The molecule has 0 saturated carbocycles. The van der Waals surface area contributed by atoms with Gasteiger partial charge in [-0.25, -0.2) is 0 Å². The van der Waals surface area contributed by atoms with E-state index in [4.69, 9.17) is 14.5 Å². The number of nitrogens with zero attached hydrogens (tertiary/aromatic N) is 1. The molecule has 1 fully saturated rings. The van der Waals surface area contributed by atoms with Crippen molar-refractivity contribution in [2.75, 3.05) is 33.4 Å². The molecule has 2 aromatic rings. The van der Waals surface area contributed by atoms with E-state index in [9.17, 15) is 0 Å². The van der Waals surface area contributed by atoms with E-state index in [2.05, 4.69) is 60.0 Å². The molecule has 1 aliphatic rings. The van der Waals surface area contributed by atoms with E-state index in [1.54, 1.807) is 7.11 Å². The molecule has 3 rings (SSSR count). The number of rotatable bonds is 8. The highest BCUT2D eigenvalue weighted by atomic mass is 127. The largest absolute Gasteiger partial charge is 0.497 e. The van der Waals surface area contributed by atoms with Gasteiger partial charge in [0.05, 0.1) is 13.2 Å². The van der Waals surface area contributed by atoms with Crippen LogP contribution in [0.2, 0.25) is 0 Å². The lowest BCUT2D eigenvalue weighted by Gasteiger charge is -2.31. The summed E-state index contributed by atoms with van der Waals surface area (Å²) in [6, 6.07) is 18.7. The Bertz CT molecular complexity index is 753. The van der Waals surface area contributed by atoms with Crippen molar-refractivity contribution in [2.45, 2.75) is 32.3 Å². The molecule has 6 heteroatoms. The number of aliphatic imine (C=N–C) groups is 1. The summed E-state index contributed by atoms with van der Waals surface area (Å²) >= 11 is 0. The molecule has 1 aliphatic heterocycles. The summed E-state index contributed by atoms with van der Waals surface area (Å²) < 4.78 is 11.3. The van der Waals surface area contributed by atoms with Crippen LogP contribution < -0.4 is 15.4 Å². The molecular formula is C24H34IN3O2. The van der Waals surface area contributed by atoms with Crippen LogP contribution in [0.4, 0.5) is 0 Å². The molecule has 2 N–H and O–H groups in total. The van der Waals surface area contributed by atoms with Crippen LogP contribution in [0, 0.1) is 5.92 Å². The molecule has 2 atom stereocenters. The Balaban J connectivity index is 0.00000320. The fraction of sp³-hybridized carbons (Fsp3) is 0.458. The second-order valence-electron chi connectivity index (χ2n) is 7.35. The second kappa shape index (κ2) is 13.5. The molecule has 5 nitrogen and oxygen atoms in total. The quantitative estimate of drug-likeness (QED) is 0.302. The van der Waals surface area contributed by atoms with Crippen LogP contribution in [0.3, 0.4) is 0 Å². The molecule has 0 bridgehead atoms. The lowest BCUT2D eigenvalue weighted by atomic mass is 9.89. The Morgan fingerprint density at radius 2 is 1.87 bits per heavy atom. The zero-order valence-corrected chi connectivity index (χ0v) is 20.3. The summed E-state index contributed by atoms with van der Waals surface area (Å²) in [4.78, 5) is 4.87. The summed E-state index contributed by atoms with van der Waals surface area (Å²) in [6.07, 6.45) is 3.32. The van der Waals surface area contributed by atoms with Gasteiger partial charge in [-0.2, -0.15) is 0 Å². The smallest absolute Gasteiger partial charge is 0.191 e. The molecule has 2 aromatic carbocycles. The zero-order chi connectivity index (χ0) is 20.3. The molecule has 2 unspecified atom stereocenters. The van der Waals surface area contributed by atoms with Crippen LogP contribution >= 0.6 is 24.0 Å². The van der Waals surface area contributed by atoms with E-state index in [0.717, 1.165) is 57.2 Å². The minimum absolute atomic E-state index is 0. The summed E-state index contributed by atoms with van der Waals surface area (Å²) in [5, 5.41) is 6.82. The Morgan fingerprint density at radius 3 is 2.57 bits per heavy atom. The monoisotopic (exact) mass is 523 g/mol. The predicted molar refractivity (Wildman–Crippen MR) is 134 cm³/mol. The number of hydrogen-bond acceptors (Lipinski definition) is 3. The molecule has 0 aliphatic carbocycles. The van der Waals surface area contributed by atoms with Crippen molar-refractivity contribution >= 4 is 29.9 Å². The van der Waals surface area contributed by atoms with Crippen molar-refractivity contribution in [3.05, 3.63) is 65.7 Å². The lowest BCUT2D eigenvalue weighted by Crippen LogP contribution is -2.39. The van der Waals surface area contributed by atoms with Crippen LogP contribution in [0.5, 0.6) is 5.75 Å². The molecule has 30 heavy (non-hydrogen) atoms. The predicted octanol–water partition coefficient (Wildman–Crippen LogP) is 4.58.